The highest BCUT2D eigenvalue weighted by Crippen LogP contribution is 2.66. The van der Waals surface area contributed by atoms with E-state index in [4.69, 9.17) is 4.42 Å². The summed E-state index contributed by atoms with van der Waals surface area (Å²) in [6.45, 7) is 4.86. The second kappa shape index (κ2) is 12.5. The standard InChI is InChI=1S/C57H42N2O/c1-35-15-13-24-47-52(35)42-21-9-11-23-46(42)57(47)48-34-45-44-33-38(37-27-30-41(31-28-37)58(39-17-5-3-6-18-39)40-19-7-4-8-20-40)29-32-51(44)60-56(45)53-43-22-10-12-25-49(43)59(55(48)53)50-26-14-16-36(2)54(50)57/h3-14,16-36,54H,15H2,1-2H3. The molecule has 2 aromatic heterocycles. The van der Waals surface area contributed by atoms with E-state index in [-0.39, 0.29) is 11.3 Å². The molecule has 0 bridgehead atoms. The lowest BCUT2D eigenvalue weighted by molar-refractivity contribution is 0.368. The van der Waals surface area contributed by atoms with Crippen LogP contribution < -0.4 is 4.90 Å². The van der Waals surface area contributed by atoms with Gasteiger partial charge < -0.3 is 13.9 Å². The van der Waals surface area contributed by atoms with Gasteiger partial charge in [0.15, 0.2) is 0 Å². The van der Waals surface area contributed by atoms with Gasteiger partial charge in [-0.05, 0) is 124 Å². The Kier molecular flexibility index (Phi) is 7.02. The summed E-state index contributed by atoms with van der Waals surface area (Å²) in [5, 5.41) is 4.78. The van der Waals surface area contributed by atoms with Crippen LogP contribution in [0.25, 0.3) is 66.1 Å². The van der Waals surface area contributed by atoms with E-state index in [0.717, 1.165) is 40.0 Å². The molecule has 0 saturated heterocycles. The minimum atomic E-state index is -0.371. The smallest absolute Gasteiger partial charge is 0.145 e. The zero-order chi connectivity index (χ0) is 39.7. The number of nitrogens with zero attached hydrogens (tertiary/aromatic N) is 2. The number of aromatic nitrogens is 1. The fraction of sp³-hybridized carbons (Fsp3) is 0.123. The molecule has 4 aliphatic rings. The number of para-hydroxylation sites is 3. The van der Waals surface area contributed by atoms with Gasteiger partial charge >= 0.3 is 0 Å². The number of benzene rings is 7. The van der Waals surface area contributed by atoms with Gasteiger partial charge in [-0.15, -0.1) is 0 Å². The highest BCUT2D eigenvalue weighted by molar-refractivity contribution is 6.26. The molecule has 60 heavy (non-hydrogen) atoms. The summed E-state index contributed by atoms with van der Waals surface area (Å²) < 4.78 is 9.67. The number of furan rings is 1. The Morgan fingerprint density at radius 2 is 1.35 bits per heavy atom. The van der Waals surface area contributed by atoms with Crippen LogP contribution in [-0.4, -0.2) is 4.57 Å². The third kappa shape index (κ3) is 4.39. The van der Waals surface area contributed by atoms with Gasteiger partial charge in [0.1, 0.15) is 11.2 Å². The quantitative estimate of drug-likeness (QED) is 0.178. The molecule has 0 saturated carbocycles. The second-order valence-electron chi connectivity index (χ2n) is 17.3. The van der Waals surface area contributed by atoms with Crippen molar-refractivity contribution in [1.29, 1.82) is 0 Å². The predicted molar refractivity (Wildman–Crippen MR) is 250 cm³/mol. The normalized spacial score (nSPS) is 21.2. The first kappa shape index (κ1) is 33.8. The summed E-state index contributed by atoms with van der Waals surface area (Å²) in [5.41, 5.74) is 18.4. The number of fused-ring (bicyclic) bond motifs is 15. The Hall–Kier alpha value is -7.10. The van der Waals surface area contributed by atoms with E-state index in [0.29, 0.717) is 11.8 Å². The first-order chi connectivity index (χ1) is 29.6. The number of rotatable bonds is 4. The topological polar surface area (TPSA) is 21.3 Å². The van der Waals surface area contributed by atoms with Crippen molar-refractivity contribution in [3.05, 3.63) is 210 Å². The predicted octanol–water partition coefficient (Wildman–Crippen LogP) is 15.2. The van der Waals surface area contributed by atoms with Gasteiger partial charge in [0.05, 0.1) is 21.8 Å². The Morgan fingerprint density at radius 1 is 0.650 bits per heavy atom. The minimum Gasteiger partial charge on any atom is -0.455 e. The zero-order valence-electron chi connectivity index (χ0n) is 33.6. The summed E-state index contributed by atoms with van der Waals surface area (Å²) in [5.74, 6) is 0.954. The van der Waals surface area contributed by atoms with E-state index >= 15 is 0 Å². The van der Waals surface area contributed by atoms with Gasteiger partial charge in [-0.25, -0.2) is 0 Å². The SMILES string of the molecule is CC1CC=CC2=C1c1ccccc1C21c2cc3c4cc(-c5ccc(N(c6ccccc6)c6ccccc6)cc5)ccc4oc3c3c4ccccc4n(c23)C2=CC=CC(C)C21. The molecule has 3 heterocycles. The van der Waals surface area contributed by atoms with Gasteiger partial charge in [-0.1, -0.05) is 135 Å². The molecule has 0 amide bonds. The van der Waals surface area contributed by atoms with Crippen molar-refractivity contribution in [2.24, 2.45) is 17.8 Å². The van der Waals surface area contributed by atoms with Crippen molar-refractivity contribution in [2.75, 3.05) is 4.90 Å². The Morgan fingerprint density at radius 3 is 2.15 bits per heavy atom. The van der Waals surface area contributed by atoms with Gasteiger partial charge in [0.25, 0.3) is 0 Å². The van der Waals surface area contributed by atoms with E-state index in [1.807, 2.05) is 0 Å². The van der Waals surface area contributed by atoms with Crippen LogP contribution >= 0.6 is 0 Å². The van der Waals surface area contributed by atoms with Crippen LogP contribution in [0.2, 0.25) is 0 Å². The summed E-state index contributed by atoms with van der Waals surface area (Å²) >= 11 is 0. The molecule has 9 aromatic rings. The summed E-state index contributed by atoms with van der Waals surface area (Å²) in [6, 6.07) is 57.8. The van der Waals surface area contributed by atoms with E-state index in [9.17, 15) is 0 Å². The molecule has 0 N–H and O–H groups in total. The average molecular weight is 771 g/mol. The third-order valence-corrected chi connectivity index (χ3v) is 14.2. The van der Waals surface area contributed by atoms with Crippen LogP contribution in [0, 0.1) is 17.8 Å². The van der Waals surface area contributed by atoms with Gasteiger partial charge in [0.2, 0.25) is 0 Å². The molecular weight excluding hydrogens is 729 g/mol. The zero-order valence-corrected chi connectivity index (χ0v) is 33.6. The molecule has 4 atom stereocenters. The molecule has 13 rings (SSSR count). The molecule has 0 fully saturated rings. The lowest BCUT2D eigenvalue weighted by Crippen LogP contribution is -2.45. The van der Waals surface area contributed by atoms with Crippen molar-refractivity contribution in [1.82, 2.24) is 4.57 Å². The molecule has 1 aliphatic heterocycles. The van der Waals surface area contributed by atoms with E-state index in [1.54, 1.807) is 0 Å². The number of anilines is 3. The van der Waals surface area contributed by atoms with Crippen molar-refractivity contribution in [2.45, 2.75) is 25.7 Å². The molecule has 3 heteroatoms. The Labute approximate surface area is 349 Å². The second-order valence-corrected chi connectivity index (χ2v) is 17.3. The van der Waals surface area contributed by atoms with Crippen LogP contribution in [0.5, 0.6) is 0 Å². The molecule has 3 nitrogen and oxygen atoms in total. The first-order valence-corrected chi connectivity index (χ1v) is 21.4. The summed E-state index contributed by atoms with van der Waals surface area (Å²) in [6.07, 6.45) is 13.1. The highest BCUT2D eigenvalue weighted by atomic mass is 16.3. The molecule has 1 spiro atoms. The fourth-order valence-corrected chi connectivity index (χ4v) is 11.8. The molecule has 286 valence electrons. The molecular formula is C57H42N2O. The van der Waals surface area contributed by atoms with Crippen molar-refractivity contribution in [3.63, 3.8) is 0 Å². The summed E-state index contributed by atoms with van der Waals surface area (Å²) in [4.78, 5) is 2.31. The van der Waals surface area contributed by atoms with Crippen molar-refractivity contribution >= 4 is 72.1 Å². The first-order valence-electron chi connectivity index (χ1n) is 21.4. The maximum atomic E-state index is 7.07. The fourth-order valence-electron chi connectivity index (χ4n) is 11.8. The Bertz CT molecular complexity index is 3340. The van der Waals surface area contributed by atoms with E-state index in [1.165, 1.54) is 71.9 Å². The van der Waals surface area contributed by atoms with Crippen LogP contribution in [0.4, 0.5) is 17.1 Å². The van der Waals surface area contributed by atoms with Crippen LogP contribution in [0.3, 0.4) is 0 Å². The maximum Gasteiger partial charge on any atom is 0.145 e. The van der Waals surface area contributed by atoms with Gasteiger partial charge in [-0.3, -0.25) is 0 Å². The van der Waals surface area contributed by atoms with Crippen LogP contribution in [0.15, 0.2) is 198 Å². The third-order valence-electron chi connectivity index (χ3n) is 14.2. The monoisotopic (exact) mass is 770 g/mol. The van der Waals surface area contributed by atoms with Gasteiger partial charge in [0, 0.05) is 44.8 Å². The van der Waals surface area contributed by atoms with Gasteiger partial charge in [-0.2, -0.15) is 0 Å². The largest absolute Gasteiger partial charge is 0.455 e. The Balaban J connectivity index is 1.07. The van der Waals surface area contributed by atoms with Crippen molar-refractivity contribution in [3.8, 4) is 11.1 Å². The van der Waals surface area contributed by atoms with Crippen LogP contribution in [0.1, 0.15) is 37.0 Å². The van der Waals surface area contributed by atoms with E-state index in [2.05, 4.69) is 211 Å². The maximum absolute atomic E-state index is 7.07. The van der Waals surface area contributed by atoms with Crippen molar-refractivity contribution < 1.29 is 4.42 Å². The lowest BCUT2D eigenvalue weighted by Gasteiger charge is -2.49. The molecule has 3 aliphatic carbocycles. The molecule has 0 radical (unpaired) electrons. The number of hydrogen-bond donors (Lipinski definition) is 0. The highest BCUT2D eigenvalue weighted by Gasteiger charge is 2.58. The molecule has 7 aromatic carbocycles. The number of hydrogen-bond acceptors (Lipinski definition) is 2. The molecule has 4 unspecified atom stereocenters. The lowest BCUT2D eigenvalue weighted by atomic mass is 9.56. The minimum absolute atomic E-state index is 0.202. The average Bonchev–Trinajstić information content (AvgIpc) is 3.94. The summed E-state index contributed by atoms with van der Waals surface area (Å²) in [7, 11) is 0. The van der Waals surface area contributed by atoms with Crippen LogP contribution in [-0.2, 0) is 5.41 Å². The van der Waals surface area contributed by atoms with E-state index < -0.39 is 0 Å². The number of allylic oxidation sites excluding steroid dienone is 8.